The fourth-order valence-corrected chi connectivity index (χ4v) is 3.64. The summed E-state index contributed by atoms with van der Waals surface area (Å²) in [5.74, 6) is 0.787. The van der Waals surface area contributed by atoms with Crippen LogP contribution in [-0.4, -0.2) is 39.6 Å². The molecule has 1 aliphatic rings. The molecular formula is C22H21ClN4O4. The fraction of sp³-hybridized carbons (Fsp3) is 0.227. The van der Waals surface area contributed by atoms with Gasteiger partial charge < -0.3 is 19.9 Å². The predicted molar refractivity (Wildman–Crippen MR) is 116 cm³/mol. The van der Waals surface area contributed by atoms with Crippen LogP contribution >= 0.6 is 11.6 Å². The number of hydrogen-bond acceptors (Lipinski definition) is 7. The van der Waals surface area contributed by atoms with Gasteiger partial charge in [0.1, 0.15) is 6.04 Å². The molecule has 1 unspecified atom stereocenters. The maximum atomic E-state index is 12.9. The highest BCUT2D eigenvalue weighted by atomic mass is 35.5. The van der Waals surface area contributed by atoms with Crippen molar-refractivity contribution < 1.29 is 19.4 Å². The third-order valence-electron chi connectivity index (χ3n) is 4.97. The molecule has 0 bridgehead atoms. The van der Waals surface area contributed by atoms with Gasteiger partial charge in [0.15, 0.2) is 17.3 Å². The van der Waals surface area contributed by atoms with Gasteiger partial charge >= 0.3 is 5.97 Å². The molecule has 0 saturated carbocycles. The van der Waals surface area contributed by atoms with Gasteiger partial charge in [0.2, 0.25) is 5.95 Å². The van der Waals surface area contributed by atoms with Crippen molar-refractivity contribution in [3.8, 4) is 22.9 Å². The molecule has 0 radical (unpaired) electrons. The van der Waals surface area contributed by atoms with Crippen LogP contribution in [0.25, 0.3) is 11.4 Å². The summed E-state index contributed by atoms with van der Waals surface area (Å²) in [5, 5.41) is 18.5. The lowest BCUT2D eigenvalue weighted by atomic mass is 9.95. The van der Waals surface area contributed by atoms with Crippen molar-refractivity contribution in [1.82, 2.24) is 14.8 Å². The number of nitrogens with one attached hydrogen (secondary N) is 1. The number of carbonyl (C=O) groups excluding carboxylic acids is 1. The van der Waals surface area contributed by atoms with E-state index in [0.717, 1.165) is 5.56 Å². The number of esters is 1. The van der Waals surface area contributed by atoms with Crippen LogP contribution < -0.4 is 10.1 Å². The van der Waals surface area contributed by atoms with Crippen LogP contribution in [0.15, 0.2) is 53.7 Å². The van der Waals surface area contributed by atoms with Gasteiger partial charge in [-0.15, -0.1) is 5.10 Å². The normalized spacial score (nSPS) is 15.3. The minimum atomic E-state index is -0.627. The van der Waals surface area contributed by atoms with Crippen molar-refractivity contribution in [1.29, 1.82) is 0 Å². The summed E-state index contributed by atoms with van der Waals surface area (Å²) in [7, 11) is 1.47. The summed E-state index contributed by atoms with van der Waals surface area (Å²) in [6, 6.07) is 11.5. The molecule has 1 aliphatic heterocycles. The summed E-state index contributed by atoms with van der Waals surface area (Å²) in [6.45, 7) is 3.78. The van der Waals surface area contributed by atoms with Gasteiger partial charge in [-0.3, -0.25) is 0 Å². The number of benzene rings is 2. The summed E-state index contributed by atoms with van der Waals surface area (Å²) in [6.07, 6.45) is 0. The van der Waals surface area contributed by atoms with Crippen molar-refractivity contribution in [2.45, 2.75) is 19.9 Å². The number of ether oxygens (including phenoxy) is 2. The lowest BCUT2D eigenvalue weighted by Crippen LogP contribution is -2.29. The summed E-state index contributed by atoms with van der Waals surface area (Å²) in [5.41, 5.74) is 2.48. The smallest absolute Gasteiger partial charge is 0.338 e. The van der Waals surface area contributed by atoms with Crippen molar-refractivity contribution >= 4 is 23.5 Å². The first-order chi connectivity index (χ1) is 14.9. The molecular weight excluding hydrogens is 420 g/mol. The molecule has 9 heteroatoms. The molecule has 2 heterocycles. The first-order valence-electron chi connectivity index (χ1n) is 9.67. The van der Waals surface area contributed by atoms with Crippen molar-refractivity contribution in [2.24, 2.45) is 0 Å². The number of aromatic nitrogens is 3. The maximum Gasteiger partial charge on any atom is 0.338 e. The maximum absolute atomic E-state index is 12.9. The Morgan fingerprint density at radius 1 is 1.26 bits per heavy atom. The molecule has 0 saturated heterocycles. The Balaban J connectivity index is 1.88. The fourth-order valence-electron chi connectivity index (χ4n) is 3.52. The summed E-state index contributed by atoms with van der Waals surface area (Å²) in [4.78, 5) is 17.5. The third kappa shape index (κ3) is 3.82. The molecule has 1 aromatic heterocycles. The third-order valence-corrected chi connectivity index (χ3v) is 5.22. The largest absolute Gasteiger partial charge is 0.504 e. The molecule has 160 valence electrons. The topological polar surface area (TPSA) is 98.5 Å². The van der Waals surface area contributed by atoms with Crippen LogP contribution in [0, 0.1) is 0 Å². The van der Waals surface area contributed by atoms with Gasteiger partial charge in [0, 0.05) is 16.3 Å². The zero-order valence-electron chi connectivity index (χ0n) is 17.2. The minimum absolute atomic E-state index is 0.000706. The van der Waals surface area contributed by atoms with Crippen LogP contribution in [0.5, 0.6) is 11.5 Å². The standard InChI is InChI=1S/C22H21ClN4O4/c1-4-31-21(29)18-12(2)24-22-25-20(13-5-8-15(23)9-6-13)26-27(22)19(18)14-7-10-16(28)17(11-14)30-3/h5-11,19,28H,4H2,1-3H3,(H,24,25,26). The Bertz CT molecular complexity index is 1170. The molecule has 3 aromatic rings. The van der Waals surface area contributed by atoms with E-state index in [2.05, 4.69) is 15.4 Å². The first kappa shape index (κ1) is 20.7. The minimum Gasteiger partial charge on any atom is -0.504 e. The number of rotatable bonds is 5. The summed E-state index contributed by atoms with van der Waals surface area (Å²) < 4.78 is 12.2. The Morgan fingerprint density at radius 2 is 2.00 bits per heavy atom. The monoisotopic (exact) mass is 440 g/mol. The molecule has 1 atom stereocenters. The SMILES string of the molecule is CCOC(=O)C1=C(C)Nc2nc(-c3ccc(Cl)cc3)nn2C1c1ccc(O)c(OC)c1. The van der Waals surface area contributed by atoms with Crippen LogP contribution in [0.1, 0.15) is 25.5 Å². The number of phenolic OH excluding ortho intramolecular Hbond substituents is 1. The highest BCUT2D eigenvalue weighted by molar-refractivity contribution is 6.30. The average molecular weight is 441 g/mol. The molecule has 0 aliphatic carbocycles. The zero-order valence-corrected chi connectivity index (χ0v) is 18.0. The van der Waals surface area contributed by atoms with E-state index >= 15 is 0 Å². The molecule has 0 fully saturated rings. The Hall–Kier alpha value is -3.52. The van der Waals surface area contributed by atoms with E-state index in [1.807, 2.05) is 12.1 Å². The number of anilines is 1. The average Bonchev–Trinajstić information content (AvgIpc) is 3.17. The Morgan fingerprint density at radius 3 is 2.68 bits per heavy atom. The van der Waals surface area contributed by atoms with Crippen LogP contribution in [0.2, 0.25) is 5.02 Å². The zero-order chi connectivity index (χ0) is 22.1. The molecule has 2 aromatic carbocycles. The number of hydrogen-bond donors (Lipinski definition) is 2. The van der Waals surface area contributed by atoms with E-state index < -0.39 is 12.0 Å². The van der Waals surface area contributed by atoms with Gasteiger partial charge in [0.25, 0.3) is 0 Å². The highest BCUT2D eigenvalue weighted by Gasteiger charge is 2.35. The highest BCUT2D eigenvalue weighted by Crippen LogP contribution is 2.39. The quantitative estimate of drug-likeness (QED) is 0.574. The number of phenols is 1. The van der Waals surface area contributed by atoms with Gasteiger partial charge in [-0.05, 0) is 55.8 Å². The van der Waals surface area contributed by atoms with Crippen LogP contribution in [0.3, 0.4) is 0 Å². The number of carbonyl (C=O) groups is 1. The van der Waals surface area contributed by atoms with E-state index in [1.54, 1.807) is 42.8 Å². The van der Waals surface area contributed by atoms with Gasteiger partial charge in [-0.1, -0.05) is 17.7 Å². The van der Waals surface area contributed by atoms with E-state index in [-0.39, 0.29) is 18.1 Å². The van der Waals surface area contributed by atoms with Crippen molar-refractivity contribution in [3.05, 3.63) is 64.3 Å². The van der Waals surface area contributed by atoms with Crippen molar-refractivity contribution in [3.63, 3.8) is 0 Å². The number of aromatic hydroxyl groups is 1. The van der Waals surface area contributed by atoms with Gasteiger partial charge in [0.05, 0.1) is 19.3 Å². The number of halogens is 1. The second kappa shape index (κ2) is 8.31. The number of fused-ring (bicyclic) bond motifs is 1. The molecule has 4 rings (SSSR count). The Labute approximate surface area is 184 Å². The number of allylic oxidation sites excluding steroid dienone is 1. The molecule has 8 nitrogen and oxygen atoms in total. The summed E-state index contributed by atoms with van der Waals surface area (Å²) >= 11 is 6.00. The van der Waals surface area contributed by atoms with Crippen LogP contribution in [0.4, 0.5) is 5.95 Å². The lowest BCUT2D eigenvalue weighted by Gasteiger charge is -2.28. The second-order valence-electron chi connectivity index (χ2n) is 6.93. The molecule has 31 heavy (non-hydrogen) atoms. The second-order valence-corrected chi connectivity index (χ2v) is 7.36. The molecule has 2 N–H and O–H groups in total. The Kier molecular flexibility index (Phi) is 5.56. The molecule has 0 amide bonds. The van der Waals surface area contributed by atoms with Gasteiger partial charge in [-0.2, -0.15) is 4.98 Å². The van der Waals surface area contributed by atoms with E-state index in [4.69, 9.17) is 21.1 Å². The predicted octanol–water partition coefficient (Wildman–Crippen LogP) is 4.16. The van der Waals surface area contributed by atoms with Gasteiger partial charge in [-0.25, -0.2) is 9.48 Å². The number of nitrogens with zero attached hydrogens (tertiary/aromatic N) is 3. The molecule has 0 spiro atoms. The number of methoxy groups -OCH3 is 1. The lowest BCUT2D eigenvalue weighted by molar-refractivity contribution is -0.139. The van der Waals surface area contributed by atoms with E-state index in [9.17, 15) is 9.90 Å². The van der Waals surface area contributed by atoms with Crippen molar-refractivity contribution in [2.75, 3.05) is 19.0 Å². The van der Waals surface area contributed by atoms with E-state index in [0.29, 0.717) is 33.6 Å². The first-order valence-corrected chi connectivity index (χ1v) is 10.0. The van der Waals surface area contributed by atoms with E-state index in [1.165, 1.54) is 13.2 Å². The van der Waals surface area contributed by atoms with Crippen LogP contribution in [-0.2, 0) is 9.53 Å².